The first kappa shape index (κ1) is 29.1. The second kappa shape index (κ2) is 17.7. The van der Waals surface area contributed by atoms with Crippen LogP contribution in [0.25, 0.3) is 0 Å². The van der Waals surface area contributed by atoms with Gasteiger partial charge in [0.05, 0.1) is 34.2 Å². The second-order valence-electron chi connectivity index (χ2n) is 9.52. The van der Waals surface area contributed by atoms with Crippen molar-refractivity contribution in [2.24, 2.45) is 0 Å². The number of carbonyl (C=O) groups is 1. The molecule has 0 saturated heterocycles. The number of aliphatic carboxylic acids is 1. The second-order valence-corrected chi connectivity index (χ2v) is 9.52. The van der Waals surface area contributed by atoms with Crippen LogP contribution in [0, 0.1) is 0 Å². The van der Waals surface area contributed by atoms with Gasteiger partial charge < -0.3 is 14.7 Å². The first-order valence-electron chi connectivity index (χ1n) is 12.4. The molecular formula is C25H51N2O3+. The van der Waals surface area contributed by atoms with Crippen molar-refractivity contribution in [3.8, 4) is 0 Å². The largest absolute Gasteiger partial charge is 0.476 e. The lowest BCUT2D eigenvalue weighted by Gasteiger charge is -2.43. The number of carboxylic acid groups (broad SMARTS) is 1. The SMILES string of the molecule is CCCCCCCC/C=C\CCCCCCCCNC(CCO)(C(=O)O)[N+](C)(C)C. The molecule has 0 fully saturated rings. The monoisotopic (exact) mass is 427 g/mol. The smallest absolute Gasteiger partial charge is 0.382 e. The van der Waals surface area contributed by atoms with Gasteiger partial charge in [0.2, 0.25) is 0 Å². The van der Waals surface area contributed by atoms with Crippen LogP contribution >= 0.6 is 0 Å². The first-order chi connectivity index (χ1) is 14.3. The third-order valence-corrected chi connectivity index (χ3v) is 6.08. The number of unbranched alkanes of at least 4 members (excludes halogenated alkanes) is 12. The zero-order valence-corrected chi connectivity index (χ0v) is 20.4. The van der Waals surface area contributed by atoms with Crippen LogP contribution in [0.4, 0.5) is 0 Å². The van der Waals surface area contributed by atoms with Crippen molar-refractivity contribution in [1.29, 1.82) is 0 Å². The fraction of sp³-hybridized carbons (Fsp3) is 0.880. The van der Waals surface area contributed by atoms with Crippen LogP contribution in [0.5, 0.6) is 0 Å². The predicted octanol–water partition coefficient (Wildman–Crippen LogP) is 5.48. The van der Waals surface area contributed by atoms with Crippen LogP contribution < -0.4 is 5.32 Å². The number of rotatable bonds is 21. The third-order valence-electron chi connectivity index (χ3n) is 6.08. The molecule has 30 heavy (non-hydrogen) atoms. The molecule has 1 unspecified atom stereocenters. The molecular weight excluding hydrogens is 376 g/mol. The van der Waals surface area contributed by atoms with Crippen LogP contribution in [0.1, 0.15) is 103 Å². The predicted molar refractivity (Wildman–Crippen MR) is 128 cm³/mol. The molecule has 0 heterocycles. The fourth-order valence-electron chi connectivity index (χ4n) is 3.96. The van der Waals surface area contributed by atoms with E-state index in [1.165, 1.54) is 77.0 Å². The Morgan fingerprint density at radius 1 is 0.833 bits per heavy atom. The van der Waals surface area contributed by atoms with Gasteiger partial charge in [-0.25, -0.2) is 4.79 Å². The Hall–Kier alpha value is -0.910. The minimum atomic E-state index is -1.13. The van der Waals surface area contributed by atoms with Crippen molar-refractivity contribution < 1.29 is 19.5 Å². The third kappa shape index (κ3) is 12.7. The van der Waals surface area contributed by atoms with Gasteiger partial charge in [0, 0.05) is 6.54 Å². The Bertz CT molecular complexity index is 446. The summed E-state index contributed by atoms with van der Waals surface area (Å²) in [5, 5.41) is 22.3. The highest BCUT2D eigenvalue weighted by molar-refractivity contribution is 5.76. The van der Waals surface area contributed by atoms with Gasteiger partial charge in [0.15, 0.2) is 0 Å². The molecule has 0 radical (unpaired) electrons. The Kier molecular flexibility index (Phi) is 17.2. The molecule has 5 nitrogen and oxygen atoms in total. The summed E-state index contributed by atoms with van der Waals surface area (Å²) >= 11 is 0. The van der Waals surface area contributed by atoms with Crippen molar-refractivity contribution in [3.63, 3.8) is 0 Å². The number of likely N-dealkylation sites (N-methyl/N-ethyl adjacent to an activating group) is 1. The van der Waals surface area contributed by atoms with E-state index < -0.39 is 11.6 Å². The summed E-state index contributed by atoms with van der Waals surface area (Å²) in [5.74, 6) is -0.895. The Balaban J connectivity index is 3.71. The summed E-state index contributed by atoms with van der Waals surface area (Å²) < 4.78 is 0.245. The molecule has 0 saturated carbocycles. The summed E-state index contributed by atoms with van der Waals surface area (Å²) in [5.41, 5.74) is -1.13. The first-order valence-corrected chi connectivity index (χ1v) is 12.4. The highest BCUT2D eigenvalue weighted by atomic mass is 16.4. The highest BCUT2D eigenvalue weighted by Crippen LogP contribution is 2.21. The summed E-state index contributed by atoms with van der Waals surface area (Å²) in [6, 6.07) is 0. The molecule has 0 bridgehead atoms. The molecule has 0 aliphatic carbocycles. The van der Waals surface area contributed by atoms with Crippen LogP contribution in [-0.2, 0) is 4.79 Å². The molecule has 0 spiro atoms. The summed E-state index contributed by atoms with van der Waals surface area (Å²) in [7, 11) is 5.58. The maximum absolute atomic E-state index is 11.9. The van der Waals surface area contributed by atoms with Gasteiger partial charge >= 0.3 is 5.97 Å². The molecule has 178 valence electrons. The number of aliphatic hydroxyl groups excluding tert-OH is 1. The number of nitrogens with zero attached hydrogens (tertiary/aromatic N) is 1. The van der Waals surface area contributed by atoms with E-state index in [0.29, 0.717) is 6.54 Å². The van der Waals surface area contributed by atoms with Crippen LogP contribution in [0.3, 0.4) is 0 Å². The average Bonchev–Trinajstić information content (AvgIpc) is 2.68. The number of quaternary nitrogens is 1. The lowest BCUT2D eigenvalue weighted by molar-refractivity contribution is -0.918. The van der Waals surface area contributed by atoms with E-state index in [0.717, 1.165) is 12.8 Å². The Labute approximate surface area is 186 Å². The molecule has 0 aromatic heterocycles. The van der Waals surface area contributed by atoms with E-state index in [9.17, 15) is 15.0 Å². The topological polar surface area (TPSA) is 69.6 Å². The molecule has 5 heteroatoms. The zero-order valence-electron chi connectivity index (χ0n) is 20.4. The van der Waals surface area contributed by atoms with E-state index in [-0.39, 0.29) is 17.5 Å². The van der Waals surface area contributed by atoms with Gasteiger partial charge in [-0.1, -0.05) is 76.9 Å². The lowest BCUT2D eigenvalue weighted by Crippen LogP contribution is -2.70. The van der Waals surface area contributed by atoms with Gasteiger partial charge in [0.25, 0.3) is 5.66 Å². The van der Waals surface area contributed by atoms with E-state index >= 15 is 0 Å². The molecule has 0 aromatic carbocycles. The van der Waals surface area contributed by atoms with E-state index in [1.54, 1.807) is 0 Å². The van der Waals surface area contributed by atoms with E-state index in [4.69, 9.17) is 0 Å². The van der Waals surface area contributed by atoms with Crippen LogP contribution in [0.15, 0.2) is 12.2 Å². The van der Waals surface area contributed by atoms with Gasteiger partial charge in [-0.15, -0.1) is 0 Å². The molecule has 0 rings (SSSR count). The van der Waals surface area contributed by atoms with E-state index in [2.05, 4.69) is 24.4 Å². The van der Waals surface area contributed by atoms with Gasteiger partial charge in [-0.3, -0.25) is 5.32 Å². The Morgan fingerprint density at radius 2 is 1.30 bits per heavy atom. The summed E-state index contributed by atoms with van der Waals surface area (Å²) in [6.45, 7) is 2.80. The van der Waals surface area contributed by atoms with Crippen molar-refractivity contribution in [2.75, 3.05) is 34.3 Å². The highest BCUT2D eigenvalue weighted by Gasteiger charge is 2.49. The maximum Gasteiger partial charge on any atom is 0.382 e. The minimum Gasteiger partial charge on any atom is -0.476 e. The van der Waals surface area contributed by atoms with Crippen molar-refractivity contribution in [2.45, 2.75) is 109 Å². The normalized spacial score (nSPS) is 14.3. The lowest BCUT2D eigenvalue weighted by atomic mass is 10.0. The number of hydrogen-bond donors (Lipinski definition) is 3. The molecule has 0 amide bonds. The van der Waals surface area contributed by atoms with Crippen LogP contribution in [0.2, 0.25) is 0 Å². The van der Waals surface area contributed by atoms with Gasteiger partial charge in [0.1, 0.15) is 0 Å². The summed E-state index contributed by atoms with van der Waals surface area (Å²) in [6.07, 6.45) is 22.7. The molecule has 0 aromatic rings. The number of hydrogen-bond acceptors (Lipinski definition) is 3. The maximum atomic E-state index is 11.9. The number of nitrogens with one attached hydrogen (secondary N) is 1. The van der Waals surface area contributed by atoms with Crippen molar-refractivity contribution in [3.05, 3.63) is 12.2 Å². The molecule has 1 atom stereocenters. The van der Waals surface area contributed by atoms with E-state index in [1.807, 2.05) is 21.1 Å². The van der Waals surface area contributed by atoms with Crippen molar-refractivity contribution in [1.82, 2.24) is 5.32 Å². The molecule has 3 N–H and O–H groups in total. The quantitative estimate of drug-likeness (QED) is 0.0981. The summed E-state index contributed by atoms with van der Waals surface area (Å²) in [4.78, 5) is 11.9. The molecule has 0 aliphatic rings. The van der Waals surface area contributed by atoms with Gasteiger partial charge in [-0.2, -0.15) is 0 Å². The number of allylic oxidation sites excluding steroid dienone is 2. The van der Waals surface area contributed by atoms with Gasteiger partial charge in [-0.05, 0) is 32.1 Å². The number of aliphatic hydroxyl groups is 1. The minimum absolute atomic E-state index is 0.137. The fourth-order valence-corrected chi connectivity index (χ4v) is 3.96. The average molecular weight is 428 g/mol. The zero-order chi connectivity index (χ0) is 22.7. The molecule has 0 aliphatic heterocycles. The standard InChI is InChI=1S/C25H50N2O3/c1-5-6-7-8-9-10-11-12-13-14-15-16-17-18-19-20-22-26-25(21-23-28,24(29)30)27(2,3)4/h12-13,26,28H,5-11,14-23H2,1-4H3/p+1/b13-12-. The van der Waals surface area contributed by atoms with Crippen molar-refractivity contribution >= 4 is 5.97 Å². The number of carboxylic acids is 1. The van der Waals surface area contributed by atoms with Crippen LogP contribution in [-0.4, -0.2) is 60.6 Å². The Morgan fingerprint density at radius 3 is 1.73 bits per heavy atom.